The fourth-order valence-electron chi connectivity index (χ4n) is 1.43. The number of carbonyl (C=O) groups is 1. The summed E-state index contributed by atoms with van der Waals surface area (Å²) in [6.45, 7) is 2.98. The number of rotatable bonds is 5. The summed E-state index contributed by atoms with van der Waals surface area (Å²) in [4.78, 5) is 23.9. The molecule has 19 heavy (non-hydrogen) atoms. The lowest BCUT2D eigenvalue weighted by molar-refractivity contribution is 0.0944. The van der Waals surface area contributed by atoms with E-state index in [-0.39, 0.29) is 18.1 Å². The van der Waals surface area contributed by atoms with Gasteiger partial charge in [-0.05, 0) is 6.92 Å². The lowest BCUT2D eigenvalue weighted by atomic mass is 10.4. The molecule has 0 bridgehead atoms. The highest BCUT2D eigenvalue weighted by atomic mass is 16.1. The van der Waals surface area contributed by atoms with E-state index in [1.807, 2.05) is 6.92 Å². The van der Waals surface area contributed by atoms with Crippen LogP contribution in [0.1, 0.15) is 23.2 Å². The second-order valence-corrected chi connectivity index (χ2v) is 3.83. The highest BCUT2D eigenvalue weighted by molar-refractivity contribution is 5.91. The summed E-state index contributed by atoms with van der Waals surface area (Å²) in [5, 5.41) is 9.75. The van der Waals surface area contributed by atoms with E-state index >= 15 is 0 Å². The zero-order valence-electron chi connectivity index (χ0n) is 10.8. The van der Waals surface area contributed by atoms with Gasteiger partial charge in [0.1, 0.15) is 17.8 Å². The molecule has 2 aromatic heterocycles. The quantitative estimate of drug-likeness (QED) is 0.784. The smallest absolute Gasteiger partial charge is 0.271 e. The molecule has 0 saturated heterocycles. The molecule has 0 aliphatic carbocycles. The van der Waals surface area contributed by atoms with E-state index in [4.69, 9.17) is 0 Å². The molecule has 2 heterocycles. The van der Waals surface area contributed by atoms with Crippen molar-refractivity contribution >= 4 is 11.7 Å². The van der Waals surface area contributed by atoms with Gasteiger partial charge in [0, 0.05) is 13.6 Å². The maximum atomic E-state index is 11.8. The maximum absolute atomic E-state index is 11.8. The van der Waals surface area contributed by atoms with Crippen LogP contribution >= 0.6 is 0 Å². The summed E-state index contributed by atoms with van der Waals surface area (Å²) in [6, 6.07) is 0. The molecule has 2 aromatic rings. The van der Waals surface area contributed by atoms with Gasteiger partial charge in [-0.15, -0.1) is 0 Å². The molecule has 8 nitrogen and oxygen atoms in total. The molecule has 2 rings (SSSR count). The average Bonchev–Trinajstić information content (AvgIpc) is 2.83. The van der Waals surface area contributed by atoms with E-state index in [2.05, 4.69) is 30.7 Å². The molecule has 0 radical (unpaired) electrons. The van der Waals surface area contributed by atoms with E-state index in [0.717, 1.165) is 6.54 Å². The second-order valence-electron chi connectivity index (χ2n) is 3.83. The minimum Gasteiger partial charge on any atom is -0.369 e. The Kier molecular flexibility index (Phi) is 4.01. The van der Waals surface area contributed by atoms with Crippen LogP contribution in [-0.2, 0) is 13.6 Å². The van der Waals surface area contributed by atoms with Crippen molar-refractivity contribution in [1.29, 1.82) is 0 Å². The highest BCUT2D eigenvalue weighted by Crippen LogP contribution is 2.00. The number of anilines is 1. The molecule has 8 heteroatoms. The van der Waals surface area contributed by atoms with Crippen molar-refractivity contribution in [3.63, 3.8) is 0 Å². The van der Waals surface area contributed by atoms with Gasteiger partial charge in [0.05, 0.1) is 18.9 Å². The Bertz CT molecular complexity index is 548. The number of hydrogen-bond donors (Lipinski definition) is 2. The SMILES string of the molecule is CCNc1cnc(C(=O)NCc2ncn(C)n2)cn1. The molecule has 0 spiro atoms. The van der Waals surface area contributed by atoms with Crippen LogP contribution in [0.2, 0.25) is 0 Å². The van der Waals surface area contributed by atoms with Crippen LogP contribution in [0, 0.1) is 0 Å². The van der Waals surface area contributed by atoms with Crippen LogP contribution in [0.15, 0.2) is 18.7 Å². The third-order valence-electron chi connectivity index (χ3n) is 2.30. The first kappa shape index (κ1) is 12.9. The number of nitrogens with one attached hydrogen (secondary N) is 2. The number of hydrogen-bond acceptors (Lipinski definition) is 6. The Morgan fingerprint density at radius 1 is 1.32 bits per heavy atom. The molecular weight excluding hydrogens is 246 g/mol. The lowest BCUT2D eigenvalue weighted by Crippen LogP contribution is -2.24. The Hall–Kier alpha value is -2.51. The van der Waals surface area contributed by atoms with Crippen molar-refractivity contribution in [1.82, 2.24) is 30.0 Å². The molecule has 0 aliphatic heterocycles. The molecule has 1 amide bonds. The zero-order chi connectivity index (χ0) is 13.7. The summed E-state index contributed by atoms with van der Waals surface area (Å²) in [5.41, 5.74) is 0.262. The summed E-state index contributed by atoms with van der Waals surface area (Å²) in [7, 11) is 1.77. The largest absolute Gasteiger partial charge is 0.369 e. The minimum atomic E-state index is -0.303. The van der Waals surface area contributed by atoms with Crippen LogP contribution in [-0.4, -0.2) is 37.2 Å². The molecule has 0 saturated carbocycles. The fourth-order valence-corrected chi connectivity index (χ4v) is 1.43. The van der Waals surface area contributed by atoms with Crippen molar-refractivity contribution in [2.45, 2.75) is 13.5 Å². The number of aromatic nitrogens is 5. The standard InChI is InChI=1S/C11H15N7O/c1-3-12-9-5-13-8(4-14-9)11(19)15-6-10-16-7-18(2)17-10/h4-5,7H,3,6H2,1-2H3,(H,12,14)(H,15,19). The summed E-state index contributed by atoms with van der Waals surface area (Å²) < 4.78 is 1.58. The first-order chi connectivity index (χ1) is 9.19. The van der Waals surface area contributed by atoms with E-state index in [0.29, 0.717) is 11.6 Å². The Balaban J connectivity index is 1.92. The third-order valence-corrected chi connectivity index (χ3v) is 2.30. The maximum Gasteiger partial charge on any atom is 0.271 e. The molecule has 0 atom stereocenters. The van der Waals surface area contributed by atoms with Gasteiger partial charge in [0.2, 0.25) is 0 Å². The summed E-state index contributed by atoms with van der Waals surface area (Å²) >= 11 is 0. The van der Waals surface area contributed by atoms with Crippen molar-refractivity contribution in [2.24, 2.45) is 7.05 Å². The Morgan fingerprint density at radius 2 is 2.16 bits per heavy atom. The van der Waals surface area contributed by atoms with Gasteiger partial charge in [-0.3, -0.25) is 9.48 Å². The summed E-state index contributed by atoms with van der Waals surface area (Å²) in [5.74, 6) is 0.890. The number of aryl methyl sites for hydroxylation is 1. The first-order valence-electron chi connectivity index (χ1n) is 5.87. The third kappa shape index (κ3) is 3.47. The topological polar surface area (TPSA) is 97.6 Å². The van der Waals surface area contributed by atoms with E-state index in [1.54, 1.807) is 18.1 Å². The molecule has 0 aromatic carbocycles. The van der Waals surface area contributed by atoms with E-state index in [9.17, 15) is 4.79 Å². The molecule has 0 aliphatic rings. The second kappa shape index (κ2) is 5.89. The Labute approximate surface area is 110 Å². The lowest BCUT2D eigenvalue weighted by Gasteiger charge is -2.04. The van der Waals surface area contributed by atoms with Crippen LogP contribution in [0.25, 0.3) is 0 Å². The minimum absolute atomic E-state index is 0.260. The monoisotopic (exact) mass is 261 g/mol. The van der Waals surface area contributed by atoms with Gasteiger partial charge in [0.15, 0.2) is 5.82 Å². The molecule has 100 valence electrons. The summed E-state index contributed by atoms with van der Waals surface area (Å²) in [6.07, 6.45) is 4.53. The first-order valence-corrected chi connectivity index (χ1v) is 5.87. The van der Waals surface area contributed by atoms with Crippen LogP contribution in [0.5, 0.6) is 0 Å². The highest BCUT2D eigenvalue weighted by Gasteiger charge is 2.08. The van der Waals surface area contributed by atoms with E-state index in [1.165, 1.54) is 12.4 Å². The zero-order valence-corrected chi connectivity index (χ0v) is 10.8. The van der Waals surface area contributed by atoms with Crippen molar-refractivity contribution in [3.8, 4) is 0 Å². The van der Waals surface area contributed by atoms with Crippen molar-refractivity contribution < 1.29 is 4.79 Å². The van der Waals surface area contributed by atoms with Gasteiger partial charge in [-0.2, -0.15) is 5.10 Å². The molecule has 2 N–H and O–H groups in total. The van der Waals surface area contributed by atoms with E-state index < -0.39 is 0 Å². The van der Waals surface area contributed by atoms with Gasteiger partial charge < -0.3 is 10.6 Å². The number of amides is 1. The van der Waals surface area contributed by atoms with Crippen molar-refractivity contribution in [3.05, 3.63) is 30.2 Å². The van der Waals surface area contributed by atoms with Crippen molar-refractivity contribution in [2.75, 3.05) is 11.9 Å². The van der Waals surface area contributed by atoms with Gasteiger partial charge in [-0.25, -0.2) is 15.0 Å². The number of carbonyl (C=O) groups excluding carboxylic acids is 1. The van der Waals surface area contributed by atoms with Crippen LogP contribution in [0.3, 0.4) is 0 Å². The van der Waals surface area contributed by atoms with Crippen LogP contribution < -0.4 is 10.6 Å². The Morgan fingerprint density at radius 3 is 2.74 bits per heavy atom. The predicted molar refractivity (Wildman–Crippen MR) is 68.4 cm³/mol. The molecule has 0 unspecified atom stereocenters. The predicted octanol–water partition coefficient (Wildman–Crippen LogP) is -0.0331. The van der Waals surface area contributed by atoms with Crippen LogP contribution in [0.4, 0.5) is 5.82 Å². The average molecular weight is 261 g/mol. The fraction of sp³-hybridized carbons (Fsp3) is 0.364. The molecule has 0 fully saturated rings. The van der Waals surface area contributed by atoms with Gasteiger partial charge in [-0.1, -0.05) is 0 Å². The van der Waals surface area contributed by atoms with Gasteiger partial charge in [0.25, 0.3) is 5.91 Å². The molecular formula is C11H15N7O. The number of nitrogens with zero attached hydrogens (tertiary/aromatic N) is 5. The normalized spacial score (nSPS) is 10.2. The van der Waals surface area contributed by atoms with Gasteiger partial charge >= 0.3 is 0 Å².